The molecule has 0 bridgehead atoms. The molecule has 1 heterocycles. The van der Waals surface area contributed by atoms with Crippen LogP contribution in [0, 0.1) is 0 Å². The maximum atomic E-state index is 14.0. The van der Waals surface area contributed by atoms with Crippen molar-refractivity contribution in [3.8, 4) is 0 Å². The lowest BCUT2D eigenvalue weighted by atomic mass is 9.62. The third-order valence-electron chi connectivity index (χ3n) is 6.11. The number of halogens is 2. The second kappa shape index (κ2) is 4.81. The Hall–Kier alpha value is -1.42. The highest BCUT2D eigenvalue weighted by molar-refractivity contribution is 6.30. The molecule has 0 unspecified atom stereocenters. The van der Waals surface area contributed by atoms with E-state index in [9.17, 15) is 4.39 Å². The largest absolute Gasteiger partial charge is 0.311 e. The summed E-state index contributed by atoms with van der Waals surface area (Å²) in [4.78, 5) is 0. The van der Waals surface area contributed by atoms with E-state index in [-0.39, 0.29) is 10.8 Å². The van der Waals surface area contributed by atoms with Crippen LogP contribution < -0.4 is 0 Å². The van der Waals surface area contributed by atoms with Crippen LogP contribution in [0.25, 0.3) is 0 Å². The summed E-state index contributed by atoms with van der Waals surface area (Å²) in [5, 5.41) is 9.92. The molecule has 3 aliphatic carbocycles. The zero-order valence-corrected chi connectivity index (χ0v) is 14.6. The van der Waals surface area contributed by atoms with Crippen LogP contribution in [-0.4, -0.2) is 20.9 Å². The Morgan fingerprint density at radius 2 is 1.71 bits per heavy atom. The highest BCUT2D eigenvalue weighted by Crippen LogP contribution is 2.55. The highest BCUT2D eigenvalue weighted by atomic mass is 35.5. The van der Waals surface area contributed by atoms with Gasteiger partial charge in [0.25, 0.3) is 0 Å². The predicted molar refractivity (Wildman–Crippen MR) is 91.2 cm³/mol. The molecule has 1 aromatic carbocycles. The number of rotatable bonds is 4. The van der Waals surface area contributed by atoms with Crippen molar-refractivity contribution < 1.29 is 4.39 Å². The van der Waals surface area contributed by atoms with E-state index in [0.29, 0.717) is 23.9 Å². The standard InChI is InChI=1S/C19H21ClFN3/c1-18(8-9-18)16-22-23-17(24(16)15-6-7-15)19(10-14(21)11-19)12-2-4-13(20)5-3-12/h2-5,14-15H,6-11H2,1H3/t14-,19-. The molecule has 2 aromatic rings. The van der Waals surface area contributed by atoms with E-state index in [1.54, 1.807) is 0 Å². The maximum Gasteiger partial charge on any atom is 0.144 e. The quantitative estimate of drug-likeness (QED) is 0.801. The molecule has 3 aliphatic rings. The Kier molecular flexibility index (Phi) is 2.98. The fraction of sp³-hybridized carbons (Fsp3) is 0.579. The smallest absolute Gasteiger partial charge is 0.144 e. The van der Waals surface area contributed by atoms with Crippen molar-refractivity contribution in [1.82, 2.24) is 14.8 Å². The lowest BCUT2D eigenvalue weighted by molar-refractivity contribution is 0.113. The lowest BCUT2D eigenvalue weighted by Gasteiger charge is -2.44. The molecule has 3 nitrogen and oxygen atoms in total. The van der Waals surface area contributed by atoms with Gasteiger partial charge in [-0.3, -0.25) is 0 Å². The Morgan fingerprint density at radius 1 is 1.08 bits per heavy atom. The molecular formula is C19H21ClFN3. The summed E-state index contributed by atoms with van der Waals surface area (Å²) in [6.07, 6.45) is 4.96. The second-order valence-corrected chi connectivity index (χ2v) is 8.54. The molecule has 0 saturated heterocycles. The van der Waals surface area contributed by atoms with E-state index in [1.807, 2.05) is 24.3 Å². The number of nitrogens with zero attached hydrogens (tertiary/aromatic N) is 3. The van der Waals surface area contributed by atoms with E-state index < -0.39 is 6.17 Å². The van der Waals surface area contributed by atoms with Gasteiger partial charge >= 0.3 is 0 Å². The molecule has 1 aromatic heterocycles. The van der Waals surface area contributed by atoms with Crippen LogP contribution >= 0.6 is 11.6 Å². The Bertz CT molecular complexity index is 783. The molecule has 0 spiro atoms. The third kappa shape index (κ3) is 2.08. The summed E-state index contributed by atoms with van der Waals surface area (Å²) in [6, 6.07) is 8.35. The minimum absolute atomic E-state index is 0.174. The van der Waals surface area contributed by atoms with Gasteiger partial charge in [-0.25, -0.2) is 4.39 Å². The minimum Gasteiger partial charge on any atom is -0.311 e. The third-order valence-corrected chi connectivity index (χ3v) is 6.36. The van der Waals surface area contributed by atoms with Gasteiger partial charge in [-0.1, -0.05) is 30.7 Å². The average Bonchev–Trinajstić information content (AvgIpc) is 3.46. The van der Waals surface area contributed by atoms with Crippen molar-refractivity contribution >= 4 is 11.6 Å². The topological polar surface area (TPSA) is 30.7 Å². The second-order valence-electron chi connectivity index (χ2n) is 8.10. The van der Waals surface area contributed by atoms with E-state index in [1.165, 1.54) is 25.7 Å². The van der Waals surface area contributed by atoms with Gasteiger partial charge in [0.2, 0.25) is 0 Å². The summed E-state index contributed by atoms with van der Waals surface area (Å²) in [7, 11) is 0. The monoisotopic (exact) mass is 345 g/mol. The molecule has 126 valence electrons. The first kappa shape index (κ1) is 14.9. The molecule has 24 heavy (non-hydrogen) atoms. The molecule has 0 amide bonds. The van der Waals surface area contributed by atoms with Crippen LogP contribution in [0.2, 0.25) is 5.02 Å². The van der Waals surface area contributed by atoms with Crippen molar-refractivity contribution in [1.29, 1.82) is 0 Å². The molecule has 0 radical (unpaired) electrons. The van der Waals surface area contributed by atoms with E-state index in [4.69, 9.17) is 11.6 Å². The summed E-state index contributed by atoms with van der Waals surface area (Å²) in [5.74, 6) is 2.10. The minimum atomic E-state index is -0.759. The van der Waals surface area contributed by atoms with Crippen LogP contribution in [0.3, 0.4) is 0 Å². The Labute approximate surface area is 146 Å². The number of benzene rings is 1. The fourth-order valence-electron chi connectivity index (χ4n) is 4.13. The number of alkyl halides is 1. The van der Waals surface area contributed by atoms with E-state index in [0.717, 1.165) is 17.2 Å². The van der Waals surface area contributed by atoms with E-state index in [2.05, 4.69) is 21.7 Å². The van der Waals surface area contributed by atoms with Crippen LogP contribution in [0.5, 0.6) is 0 Å². The van der Waals surface area contributed by atoms with Crippen molar-refractivity contribution in [2.75, 3.05) is 0 Å². The van der Waals surface area contributed by atoms with Crippen LogP contribution in [0.4, 0.5) is 4.39 Å². The first-order valence-corrected chi connectivity index (χ1v) is 9.26. The van der Waals surface area contributed by atoms with Gasteiger partial charge in [-0.2, -0.15) is 0 Å². The first-order chi connectivity index (χ1) is 11.5. The molecule has 0 N–H and O–H groups in total. The number of aromatic nitrogens is 3. The van der Waals surface area contributed by atoms with Crippen molar-refractivity contribution in [2.24, 2.45) is 0 Å². The average molecular weight is 346 g/mol. The highest BCUT2D eigenvalue weighted by Gasteiger charge is 2.54. The van der Waals surface area contributed by atoms with Crippen LogP contribution in [0.1, 0.15) is 68.7 Å². The predicted octanol–water partition coefficient (Wildman–Crippen LogP) is 4.74. The SMILES string of the molecule is CC1(c2nnc([C@]3(c4ccc(Cl)cc4)C[C@@H](F)C3)n2C2CC2)CC1. The Morgan fingerprint density at radius 3 is 2.25 bits per heavy atom. The van der Waals surface area contributed by atoms with Crippen LogP contribution in [0.15, 0.2) is 24.3 Å². The summed E-state index contributed by atoms with van der Waals surface area (Å²) < 4.78 is 16.3. The number of hydrogen-bond acceptors (Lipinski definition) is 2. The summed E-state index contributed by atoms with van der Waals surface area (Å²) in [6.45, 7) is 2.27. The molecule has 5 heteroatoms. The van der Waals surface area contributed by atoms with Gasteiger partial charge in [0.15, 0.2) is 0 Å². The normalized spacial score (nSPS) is 30.9. The van der Waals surface area contributed by atoms with Gasteiger partial charge in [0.1, 0.15) is 17.8 Å². The van der Waals surface area contributed by atoms with Gasteiger partial charge < -0.3 is 4.57 Å². The number of hydrogen-bond donors (Lipinski definition) is 0. The molecule has 3 saturated carbocycles. The molecule has 0 atom stereocenters. The van der Waals surface area contributed by atoms with Gasteiger partial charge in [0, 0.05) is 16.5 Å². The molecule has 3 fully saturated rings. The zero-order valence-electron chi connectivity index (χ0n) is 13.8. The Balaban J connectivity index is 1.65. The van der Waals surface area contributed by atoms with E-state index >= 15 is 0 Å². The van der Waals surface area contributed by atoms with Gasteiger partial charge in [-0.05, 0) is 56.2 Å². The first-order valence-electron chi connectivity index (χ1n) is 8.88. The fourth-order valence-corrected chi connectivity index (χ4v) is 4.26. The maximum absolute atomic E-state index is 14.0. The summed E-state index contributed by atoms with van der Waals surface area (Å²) in [5.41, 5.74) is 0.944. The molecular weight excluding hydrogens is 325 g/mol. The zero-order chi connectivity index (χ0) is 16.5. The molecule has 5 rings (SSSR count). The van der Waals surface area contributed by atoms with Crippen molar-refractivity contribution in [3.63, 3.8) is 0 Å². The van der Waals surface area contributed by atoms with Crippen molar-refractivity contribution in [2.45, 2.75) is 68.5 Å². The summed E-state index contributed by atoms with van der Waals surface area (Å²) >= 11 is 6.05. The molecule has 0 aliphatic heterocycles. The van der Waals surface area contributed by atoms with Gasteiger partial charge in [0.05, 0.1) is 5.41 Å². The van der Waals surface area contributed by atoms with Crippen molar-refractivity contribution in [3.05, 3.63) is 46.5 Å². The van der Waals surface area contributed by atoms with Gasteiger partial charge in [-0.15, -0.1) is 10.2 Å². The lowest BCUT2D eigenvalue weighted by Crippen LogP contribution is -2.45. The van der Waals surface area contributed by atoms with Crippen LogP contribution in [-0.2, 0) is 10.8 Å².